The SMILES string of the molecule is Nc1cccc2c1ncn2N. The van der Waals surface area contributed by atoms with Gasteiger partial charge in [0.05, 0.1) is 11.2 Å². The minimum absolute atomic E-state index is 0.659. The summed E-state index contributed by atoms with van der Waals surface area (Å²) in [5.41, 5.74) is 7.91. The van der Waals surface area contributed by atoms with Crippen LogP contribution in [0.4, 0.5) is 5.69 Å². The summed E-state index contributed by atoms with van der Waals surface area (Å²) in [6, 6.07) is 5.52. The van der Waals surface area contributed by atoms with E-state index >= 15 is 0 Å². The van der Waals surface area contributed by atoms with Gasteiger partial charge in [-0.15, -0.1) is 0 Å². The fourth-order valence-electron chi connectivity index (χ4n) is 1.08. The molecule has 0 radical (unpaired) electrons. The van der Waals surface area contributed by atoms with Crippen molar-refractivity contribution in [2.24, 2.45) is 0 Å². The highest BCUT2D eigenvalue weighted by Crippen LogP contribution is 2.16. The number of para-hydroxylation sites is 1. The molecule has 4 heteroatoms. The summed E-state index contributed by atoms with van der Waals surface area (Å²) in [7, 11) is 0. The Morgan fingerprint density at radius 1 is 1.36 bits per heavy atom. The van der Waals surface area contributed by atoms with Crippen LogP contribution < -0.4 is 11.6 Å². The summed E-state index contributed by atoms with van der Waals surface area (Å²) in [5.74, 6) is 5.54. The van der Waals surface area contributed by atoms with E-state index in [9.17, 15) is 0 Å². The zero-order valence-electron chi connectivity index (χ0n) is 5.86. The molecule has 56 valence electrons. The zero-order valence-corrected chi connectivity index (χ0v) is 5.86. The first-order valence-corrected chi connectivity index (χ1v) is 3.25. The molecule has 11 heavy (non-hydrogen) atoms. The Labute approximate surface area is 63.4 Å². The smallest absolute Gasteiger partial charge is 0.115 e. The van der Waals surface area contributed by atoms with E-state index in [-0.39, 0.29) is 0 Å². The van der Waals surface area contributed by atoms with Gasteiger partial charge < -0.3 is 11.6 Å². The molecule has 0 bridgehead atoms. The van der Waals surface area contributed by atoms with Crippen molar-refractivity contribution in [3.63, 3.8) is 0 Å². The van der Waals surface area contributed by atoms with E-state index in [1.54, 1.807) is 12.4 Å². The summed E-state index contributed by atoms with van der Waals surface area (Å²) in [6.07, 6.45) is 1.54. The van der Waals surface area contributed by atoms with Crippen LogP contribution in [0.25, 0.3) is 11.0 Å². The van der Waals surface area contributed by atoms with Crippen molar-refractivity contribution < 1.29 is 0 Å². The Hall–Kier alpha value is -1.71. The number of hydrogen-bond acceptors (Lipinski definition) is 3. The molecule has 1 aromatic carbocycles. The number of fused-ring (bicyclic) bond motifs is 1. The van der Waals surface area contributed by atoms with Crippen molar-refractivity contribution in [2.45, 2.75) is 0 Å². The minimum atomic E-state index is 0.659. The molecule has 2 aromatic rings. The van der Waals surface area contributed by atoms with Gasteiger partial charge in [-0.25, -0.2) is 9.66 Å². The van der Waals surface area contributed by atoms with E-state index in [2.05, 4.69) is 4.98 Å². The highest BCUT2D eigenvalue weighted by molar-refractivity contribution is 5.86. The third-order valence-electron chi connectivity index (χ3n) is 1.64. The van der Waals surface area contributed by atoms with E-state index in [4.69, 9.17) is 11.6 Å². The van der Waals surface area contributed by atoms with Gasteiger partial charge in [0, 0.05) is 0 Å². The van der Waals surface area contributed by atoms with E-state index in [0.717, 1.165) is 11.0 Å². The van der Waals surface area contributed by atoms with E-state index < -0.39 is 0 Å². The molecule has 4 N–H and O–H groups in total. The molecule has 1 aromatic heterocycles. The summed E-state index contributed by atoms with van der Waals surface area (Å²) in [4.78, 5) is 4.03. The van der Waals surface area contributed by atoms with Gasteiger partial charge >= 0.3 is 0 Å². The Morgan fingerprint density at radius 2 is 2.18 bits per heavy atom. The second kappa shape index (κ2) is 1.88. The maximum Gasteiger partial charge on any atom is 0.115 e. The third-order valence-corrected chi connectivity index (χ3v) is 1.64. The monoisotopic (exact) mass is 148 g/mol. The lowest BCUT2D eigenvalue weighted by atomic mass is 10.3. The van der Waals surface area contributed by atoms with E-state index in [0.29, 0.717) is 5.69 Å². The number of nitrogen functional groups attached to an aromatic ring is 2. The zero-order chi connectivity index (χ0) is 7.84. The van der Waals surface area contributed by atoms with E-state index in [1.165, 1.54) is 4.68 Å². The van der Waals surface area contributed by atoms with Crippen LogP contribution in [0.1, 0.15) is 0 Å². The lowest BCUT2D eigenvalue weighted by Crippen LogP contribution is -2.04. The largest absolute Gasteiger partial charge is 0.397 e. The lowest BCUT2D eigenvalue weighted by Gasteiger charge is -1.94. The number of nitrogens with zero attached hydrogens (tertiary/aromatic N) is 2. The van der Waals surface area contributed by atoms with Crippen molar-refractivity contribution in [1.29, 1.82) is 0 Å². The quantitative estimate of drug-likeness (QED) is 0.418. The summed E-state index contributed by atoms with van der Waals surface area (Å²) < 4.78 is 1.45. The molecule has 0 unspecified atom stereocenters. The average molecular weight is 148 g/mol. The minimum Gasteiger partial charge on any atom is -0.397 e. The van der Waals surface area contributed by atoms with Crippen LogP contribution in [-0.4, -0.2) is 9.66 Å². The molecule has 0 fully saturated rings. The molecule has 0 aliphatic heterocycles. The molecule has 2 rings (SSSR count). The van der Waals surface area contributed by atoms with Crippen LogP contribution in [0.2, 0.25) is 0 Å². The van der Waals surface area contributed by atoms with Crippen molar-refractivity contribution in [3.8, 4) is 0 Å². The fourth-order valence-corrected chi connectivity index (χ4v) is 1.08. The molecule has 0 spiro atoms. The van der Waals surface area contributed by atoms with Crippen LogP contribution in [0.3, 0.4) is 0 Å². The van der Waals surface area contributed by atoms with Crippen LogP contribution in [0.15, 0.2) is 24.5 Å². The average Bonchev–Trinajstić information content (AvgIpc) is 2.35. The first-order chi connectivity index (χ1) is 5.29. The van der Waals surface area contributed by atoms with Crippen LogP contribution in [-0.2, 0) is 0 Å². The van der Waals surface area contributed by atoms with Gasteiger partial charge in [0.25, 0.3) is 0 Å². The van der Waals surface area contributed by atoms with Crippen molar-refractivity contribution >= 4 is 16.7 Å². The molecule has 4 nitrogen and oxygen atoms in total. The number of benzene rings is 1. The highest BCUT2D eigenvalue weighted by atomic mass is 15.3. The Kier molecular flexibility index (Phi) is 1.03. The highest BCUT2D eigenvalue weighted by Gasteiger charge is 2.00. The first kappa shape index (κ1) is 6.03. The van der Waals surface area contributed by atoms with Crippen molar-refractivity contribution in [3.05, 3.63) is 24.5 Å². The van der Waals surface area contributed by atoms with Crippen LogP contribution in [0, 0.1) is 0 Å². The number of aromatic nitrogens is 2. The van der Waals surface area contributed by atoms with E-state index in [1.807, 2.05) is 12.1 Å². The molecular formula is C7H8N4. The molecule has 0 aliphatic carbocycles. The van der Waals surface area contributed by atoms with Crippen molar-refractivity contribution in [1.82, 2.24) is 9.66 Å². The van der Waals surface area contributed by atoms with Gasteiger partial charge in [-0.3, -0.25) is 0 Å². The van der Waals surface area contributed by atoms with Gasteiger partial charge in [-0.1, -0.05) is 6.07 Å². The topological polar surface area (TPSA) is 69.9 Å². The van der Waals surface area contributed by atoms with Gasteiger partial charge in [0.1, 0.15) is 11.8 Å². The normalized spacial score (nSPS) is 10.5. The predicted octanol–water partition coefficient (Wildman–Crippen LogP) is 0.332. The number of nitrogens with two attached hydrogens (primary N) is 2. The van der Waals surface area contributed by atoms with Gasteiger partial charge in [-0.2, -0.15) is 0 Å². The van der Waals surface area contributed by atoms with Crippen LogP contribution in [0.5, 0.6) is 0 Å². The van der Waals surface area contributed by atoms with Crippen molar-refractivity contribution in [2.75, 3.05) is 11.6 Å². The summed E-state index contributed by atoms with van der Waals surface area (Å²) in [5, 5.41) is 0. The molecule has 0 aliphatic rings. The Balaban J connectivity index is 2.94. The number of rotatable bonds is 0. The second-order valence-electron chi connectivity index (χ2n) is 2.37. The predicted molar refractivity (Wildman–Crippen MR) is 44.3 cm³/mol. The van der Waals surface area contributed by atoms with Gasteiger partial charge in [0.2, 0.25) is 0 Å². The molecule has 1 heterocycles. The summed E-state index contributed by atoms with van der Waals surface area (Å²) >= 11 is 0. The number of hydrogen-bond donors (Lipinski definition) is 2. The van der Waals surface area contributed by atoms with Crippen LogP contribution >= 0.6 is 0 Å². The maximum atomic E-state index is 5.64. The molecule has 0 atom stereocenters. The van der Waals surface area contributed by atoms with Gasteiger partial charge in [0.15, 0.2) is 0 Å². The molecule has 0 saturated carbocycles. The Bertz CT molecular complexity index is 390. The Morgan fingerprint density at radius 3 is 2.91 bits per heavy atom. The fraction of sp³-hybridized carbons (Fsp3) is 0. The third kappa shape index (κ3) is 0.724. The maximum absolute atomic E-state index is 5.64. The second-order valence-corrected chi connectivity index (χ2v) is 2.37. The number of imidazole rings is 1. The summed E-state index contributed by atoms with van der Waals surface area (Å²) in [6.45, 7) is 0. The van der Waals surface area contributed by atoms with Gasteiger partial charge in [-0.05, 0) is 12.1 Å². The first-order valence-electron chi connectivity index (χ1n) is 3.25. The standard InChI is InChI=1S/C7H8N4/c8-5-2-1-3-6-7(5)10-4-11(6)9/h1-4H,8-9H2. The molecule has 0 amide bonds. The molecule has 0 saturated heterocycles. The number of anilines is 1. The molecular weight excluding hydrogens is 140 g/mol. The lowest BCUT2D eigenvalue weighted by molar-refractivity contribution is 1.04.